The molecule has 7 nitrogen and oxygen atoms in total. The van der Waals surface area contributed by atoms with Crippen LogP contribution in [-0.4, -0.2) is 76.7 Å². The molecule has 0 amide bonds. The number of ether oxygens (including phenoxy) is 2. The van der Waals surface area contributed by atoms with Crippen molar-refractivity contribution in [2.75, 3.05) is 61.2 Å². The highest BCUT2D eigenvalue weighted by Gasteiger charge is 2.23. The lowest BCUT2D eigenvalue weighted by Crippen LogP contribution is -2.35. The molecule has 0 spiro atoms. The summed E-state index contributed by atoms with van der Waals surface area (Å²) in [5.41, 5.74) is 0. The van der Waals surface area contributed by atoms with Gasteiger partial charge in [-0.1, -0.05) is 110 Å². The van der Waals surface area contributed by atoms with Crippen LogP contribution < -0.4 is 0 Å². The number of phosphoric ester groups is 1. The monoisotopic (exact) mass is 580 g/mol. The largest absolute Gasteiger partial charge is 0.472 e. The molecular weight excluding hydrogens is 513 g/mol. The van der Waals surface area contributed by atoms with Crippen molar-refractivity contribution in [3.8, 4) is 0 Å². The first-order chi connectivity index (χ1) is 18.7. The minimum Gasteiger partial charge on any atom is -0.379 e. The van der Waals surface area contributed by atoms with Crippen molar-refractivity contribution in [2.45, 2.75) is 141 Å². The first-order valence-electron chi connectivity index (χ1n) is 16.2. The predicted octanol–water partition coefficient (Wildman–Crippen LogP) is 8.68. The lowest BCUT2D eigenvalue weighted by Gasteiger charge is -2.23. The summed E-state index contributed by atoms with van der Waals surface area (Å²) in [5, 5.41) is 0. The Bertz CT molecular complexity index is 558. The Balaban J connectivity index is 3.52. The number of quaternary nitrogens is 1. The van der Waals surface area contributed by atoms with Crippen LogP contribution in [0.25, 0.3) is 0 Å². The molecule has 0 fully saturated rings. The summed E-state index contributed by atoms with van der Waals surface area (Å²) in [6, 6.07) is 0. The third-order valence-electron chi connectivity index (χ3n) is 7.18. The molecule has 0 aromatic rings. The van der Waals surface area contributed by atoms with E-state index in [2.05, 4.69) is 28.1 Å². The van der Waals surface area contributed by atoms with Gasteiger partial charge in [-0.25, -0.2) is 4.57 Å². The van der Waals surface area contributed by atoms with Gasteiger partial charge in [0.2, 0.25) is 0 Å². The van der Waals surface area contributed by atoms with Gasteiger partial charge in [0.15, 0.2) is 0 Å². The van der Waals surface area contributed by atoms with E-state index < -0.39 is 7.82 Å². The third kappa shape index (κ3) is 30.8. The van der Waals surface area contributed by atoms with Crippen LogP contribution in [0.3, 0.4) is 0 Å². The van der Waals surface area contributed by atoms with E-state index in [9.17, 15) is 9.46 Å². The summed E-state index contributed by atoms with van der Waals surface area (Å²) in [4.78, 5) is 9.91. The second-order valence-electron chi connectivity index (χ2n) is 12.3. The fraction of sp³-hybridized carbons (Fsp3) is 1.00. The fourth-order valence-electron chi connectivity index (χ4n) is 4.59. The maximum Gasteiger partial charge on any atom is 0.472 e. The van der Waals surface area contributed by atoms with Gasteiger partial charge in [-0.05, 0) is 25.7 Å². The molecule has 0 saturated carbocycles. The molecule has 0 saturated heterocycles. The number of methoxy groups -OCH3 is 1. The molecule has 0 aliphatic heterocycles. The van der Waals surface area contributed by atoms with E-state index in [0.29, 0.717) is 13.2 Å². The summed E-state index contributed by atoms with van der Waals surface area (Å²) in [6.07, 6.45) is 25.2. The van der Waals surface area contributed by atoms with Gasteiger partial charge in [0.05, 0.1) is 47.5 Å². The highest BCUT2D eigenvalue weighted by Crippen LogP contribution is 2.43. The molecule has 0 bridgehead atoms. The smallest absolute Gasteiger partial charge is 0.379 e. The number of unbranched alkanes of at least 4 members (excludes halogenated alkanes) is 18. The highest BCUT2D eigenvalue weighted by atomic mass is 31.2. The number of hydrogen-bond donors (Lipinski definition) is 1. The van der Waals surface area contributed by atoms with E-state index in [1.54, 1.807) is 7.11 Å². The van der Waals surface area contributed by atoms with Crippen LogP contribution in [0, 0.1) is 0 Å². The van der Waals surface area contributed by atoms with Gasteiger partial charge in [0, 0.05) is 13.7 Å². The van der Waals surface area contributed by atoms with Crippen LogP contribution in [-0.2, 0) is 23.1 Å². The van der Waals surface area contributed by atoms with Crippen molar-refractivity contribution in [2.24, 2.45) is 0 Å². The van der Waals surface area contributed by atoms with E-state index in [0.717, 1.165) is 43.1 Å². The molecule has 0 aromatic carbocycles. The zero-order valence-electron chi connectivity index (χ0n) is 26.6. The summed E-state index contributed by atoms with van der Waals surface area (Å²) in [7, 11) is 4.05. The Morgan fingerprint density at radius 1 is 0.615 bits per heavy atom. The Labute approximate surface area is 242 Å². The van der Waals surface area contributed by atoms with Gasteiger partial charge in [0.1, 0.15) is 6.10 Å². The zero-order chi connectivity index (χ0) is 29.1. The Morgan fingerprint density at radius 2 is 1.05 bits per heavy atom. The summed E-state index contributed by atoms with van der Waals surface area (Å²) in [6.45, 7) is 4.64. The van der Waals surface area contributed by atoms with Crippen LogP contribution in [0.1, 0.15) is 135 Å². The maximum atomic E-state index is 12.1. The van der Waals surface area contributed by atoms with Crippen LogP contribution in [0.2, 0.25) is 0 Å². The molecule has 2 atom stereocenters. The maximum absolute atomic E-state index is 12.1. The molecule has 8 heteroatoms. The lowest BCUT2D eigenvalue weighted by atomic mass is 10.0. The van der Waals surface area contributed by atoms with Crippen molar-refractivity contribution >= 4 is 7.82 Å². The van der Waals surface area contributed by atoms with Crippen LogP contribution in [0.15, 0.2) is 0 Å². The average Bonchev–Trinajstić information content (AvgIpc) is 2.88. The van der Waals surface area contributed by atoms with Crippen molar-refractivity contribution in [3.05, 3.63) is 0 Å². The first kappa shape index (κ1) is 39.0. The van der Waals surface area contributed by atoms with Crippen molar-refractivity contribution in [1.29, 1.82) is 0 Å². The van der Waals surface area contributed by atoms with E-state index in [-0.39, 0.29) is 19.3 Å². The SMILES string of the molecule is CCCCCCCCCCCCCCCCCCOCC(COP(=O)(O)OCCCCCC[N+](C)(C)C)OC. The van der Waals surface area contributed by atoms with Gasteiger partial charge in [0.25, 0.3) is 0 Å². The first-order valence-corrected chi connectivity index (χ1v) is 17.7. The Morgan fingerprint density at radius 3 is 1.51 bits per heavy atom. The summed E-state index contributed by atoms with van der Waals surface area (Å²) >= 11 is 0. The van der Waals surface area contributed by atoms with E-state index in [1.165, 1.54) is 96.3 Å². The predicted molar refractivity (Wildman–Crippen MR) is 164 cm³/mol. The zero-order valence-corrected chi connectivity index (χ0v) is 27.5. The fourth-order valence-corrected chi connectivity index (χ4v) is 5.38. The van der Waals surface area contributed by atoms with Gasteiger partial charge >= 0.3 is 7.82 Å². The van der Waals surface area contributed by atoms with Crippen LogP contribution in [0.4, 0.5) is 0 Å². The van der Waals surface area contributed by atoms with E-state index in [4.69, 9.17) is 18.5 Å². The second-order valence-corrected chi connectivity index (χ2v) is 13.7. The van der Waals surface area contributed by atoms with Gasteiger partial charge in [-0.2, -0.15) is 0 Å². The van der Waals surface area contributed by atoms with E-state index in [1.807, 2.05) is 0 Å². The molecule has 2 unspecified atom stereocenters. The molecule has 0 aliphatic rings. The Hall–Kier alpha value is -0.0100. The molecule has 0 rings (SSSR count). The van der Waals surface area contributed by atoms with Gasteiger partial charge in [-0.15, -0.1) is 0 Å². The molecule has 0 aromatic heterocycles. The minimum absolute atomic E-state index is 0.0211. The normalized spacial score (nSPS) is 14.5. The summed E-state index contributed by atoms with van der Waals surface area (Å²) < 4.78 is 34.3. The number of hydrogen-bond acceptors (Lipinski definition) is 5. The minimum atomic E-state index is -4.06. The molecular formula is C31H67NO6P+. The van der Waals surface area contributed by atoms with Crippen LogP contribution >= 0.6 is 7.82 Å². The molecule has 1 N–H and O–H groups in total. The third-order valence-corrected chi connectivity index (χ3v) is 8.16. The standard InChI is InChI=1S/C31H66NO6P/c1-6-7-8-9-10-11-12-13-14-15-16-17-18-19-21-24-27-36-29-31(35-5)30-38-39(33,34)37-28-25-22-20-23-26-32(2,3)4/h31H,6-30H2,1-5H3/p+1. The molecule has 39 heavy (non-hydrogen) atoms. The topological polar surface area (TPSA) is 74.2 Å². The molecule has 0 radical (unpaired) electrons. The molecule has 236 valence electrons. The lowest BCUT2D eigenvalue weighted by molar-refractivity contribution is -0.870. The van der Waals surface area contributed by atoms with E-state index >= 15 is 0 Å². The molecule has 0 heterocycles. The van der Waals surface area contributed by atoms with Crippen molar-refractivity contribution in [3.63, 3.8) is 0 Å². The number of phosphoric acid groups is 1. The summed E-state index contributed by atoms with van der Waals surface area (Å²) in [5.74, 6) is 0. The quantitative estimate of drug-likeness (QED) is 0.0502. The van der Waals surface area contributed by atoms with Crippen molar-refractivity contribution < 1.29 is 32.5 Å². The average molecular weight is 581 g/mol. The highest BCUT2D eigenvalue weighted by molar-refractivity contribution is 7.47. The number of rotatable bonds is 31. The molecule has 0 aliphatic carbocycles. The second kappa shape index (κ2) is 26.9. The van der Waals surface area contributed by atoms with Crippen molar-refractivity contribution in [1.82, 2.24) is 0 Å². The Kier molecular flexibility index (Phi) is 26.9. The van der Waals surface area contributed by atoms with Gasteiger partial charge in [-0.3, -0.25) is 9.05 Å². The van der Waals surface area contributed by atoms with Gasteiger partial charge < -0.3 is 18.9 Å². The number of nitrogens with zero attached hydrogens (tertiary/aromatic N) is 1. The van der Waals surface area contributed by atoms with Crippen LogP contribution in [0.5, 0.6) is 0 Å².